The third-order valence-electron chi connectivity index (χ3n) is 2.52. The molecule has 0 radical (unpaired) electrons. The third-order valence-corrected chi connectivity index (χ3v) is 2.52. The van der Waals surface area contributed by atoms with E-state index < -0.39 is 36.9 Å². The van der Waals surface area contributed by atoms with Gasteiger partial charge in [-0.15, -0.1) is 0 Å². The Bertz CT molecular complexity index is 211. The molecule has 0 amide bonds. The minimum atomic E-state index is -3.03. The Labute approximate surface area is 73.1 Å². The van der Waals surface area contributed by atoms with Crippen LogP contribution in [0.4, 0.5) is 8.78 Å². The van der Waals surface area contributed by atoms with Crippen molar-refractivity contribution in [3.63, 3.8) is 0 Å². The predicted molar refractivity (Wildman–Crippen MR) is 36.1 cm³/mol. The number of hydrogen-bond acceptors (Lipinski definition) is 4. The van der Waals surface area contributed by atoms with E-state index in [0.717, 1.165) is 0 Å². The van der Waals surface area contributed by atoms with Crippen LogP contribution < -0.4 is 0 Å². The number of fused-ring (bicyclic) bond motifs is 2. The summed E-state index contributed by atoms with van der Waals surface area (Å²) in [6.45, 7) is -0.851. The van der Waals surface area contributed by atoms with E-state index in [2.05, 4.69) is 4.74 Å². The first kappa shape index (κ1) is 9.26. The summed E-state index contributed by atoms with van der Waals surface area (Å²) in [4.78, 5) is 0. The van der Waals surface area contributed by atoms with E-state index in [1.165, 1.54) is 0 Å². The molecule has 4 nitrogen and oxygen atoms in total. The Balaban J connectivity index is 2.13. The molecular formula is C7H10F2O4. The van der Waals surface area contributed by atoms with Gasteiger partial charge >= 0.3 is 5.92 Å². The van der Waals surface area contributed by atoms with Crippen molar-refractivity contribution in [2.45, 2.75) is 24.4 Å². The number of halogens is 2. The van der Waals surface area contributed by atoms with Crippen LogP contribution in [0.3, 0.4) is 0 Å². The van der Waals surface area contributed by atoms with Crippen LogP contribution in [-0.2, 0) is 9.47 Å². The Morgan fingerprint density at radius 1 is 1.15 bits per heavy atom. The maximum atomic E-state index is 13.0. The van der Waals surface area contributed by atoms with Gasteiger partial charge in [0.25, 0.3) is 0 Å². The van der Waals surface area contributed by atoms with Crippen molar-refractivity contribution in [2.75, 3.05) is 13.2 Å². The minimum Gasteiger partial charge on any atom is -0.396 e. The van der Waals surface area contributed by atoms with Crippen LogP contribution in [0.25, 0.3) is 0 Å². The maximum absolute atomic E-state index is 13.0. The van der Waals surface area contributed by atoms with Gasteiger partial charge in [0.1, 0.15) is 6.10 Å². The topological polar surface area (TPSA) is 58.9 Å². The van der Waals surface area contributed by atoms with E-state index in [9.17, 15) is 8.78 Å². The Morgan fingerprint density at radius 3 is 2.31 bits per heavy atom. The molecule has 0 aromatic rings. The summed E-state index contributed by atoms with van der Waals surface area (Å²) in [6.07, 6.45) is -3.60. The highest BCUT2D eigenvalue weighted by Gasteiger charge is 2.68. The Kier molecular flexibility index (Phi) is 2.03. The normalized spacial score (nSPS) is 47.1. The van der Waals surface area contributed by atoms with Gasteiger partial charge in [-0.3, -0.25) is 0 Å². The Morgan fingerprint density at radius 2 is 1.85 bits per heavy atom. The van der Waals surface area contributed by atoms with Crippen LogP contribution in [0.5, 0.6) is 0 Å². The molecule has 2 N–H and O–H groups in total. The average molecular weight is 196 g/mol. The van der Waals surface area contributed by atoms with Crippen molar-refractivity contribution in [1.82, 2.24) is 0 Å². The summed E-state index contributed by atoms with van der Waals surface area (Å²) >= 11 is 0. The summed E-state index contributed by atoms with van der Waals surface area (Å²) in [7, 11) is 0. The zero-order valence-electron chi connectivity index (χ0n) is 6.69. The predicted octanol–water partition coefficient (Wildman–Crippen LogP) is -0.654. The number of hydrogen-bond donors (Lipinski definition) is 2. The zero-order valence-corrected chi connectivity index (χ0v) is 6.69. The van der Waals surface area contributed by atoms with Crippen molar-refractivity contribution in [3.8, 4) is 0 Å². The van der Waals surface area contributed by atoms with Crippen LogP contribution in [0, 0.1) is 5.92 Å². The number of alkyl halides is 2. The lowest BCUT2D eigenvalue weighted by atomic mass is 9.85. The summed E-state index contributed by atoms with van der Waals surface area (Å²) in [6, 6.07) is 0. The quantitative estimate of drug-likeness (QED) is 0.616. The van der Waals surface area contributed by atoms with Crippen LogP contribution >= 0.6 is 0 Å². The summed E-state index contributed by atoms with van der Waals surface area (Å²) in [5.74, 6) is -3.87. The smallest absolute Gasteiger partial charge is 0.323 e. The van der Waals surface area contributed by atoms with E-state index in [1.54, 1.807) is 0 Å². The van der Waals surface area contributed by atoms with E-state index in [4.69, 9.17) is 14.9 Å². The third kappa shape index (κ3) is 1.10. The molecule has 3 aliphatic rings. The van der Waals surface area contributed by atoms with Gasteiger partial charge in [0.2, 0.25) is 6.29 Å². The first-order chi connectivity index (χ1) is 6.11. The largest absolute Gasteiger partial charge is 0.396 e. The first-order valence-electron chi connectivity index (χ1n) is 4.01. The van der Waals surface area contributed by atoms with Crippen molar-refractivity contribution >= 4 is 0 Å². The lowest BCUT2D eigenvalue weighted by Crippen LogP contribution is -2.72. The molecule has 0 saturated carbocycles. The fourth-order valence-corrected chi connectivity index (χ4v) is 1.73. The highest BCUT2D eigenvalue weighted by molar-refractivity contribution is 5.02. The number of aliphatic hydroxyl groups excluding tert-OH is 2. The van der Waals surface area contributed by atoms with Gasteiger partial charge in [-0.2, -0.15) is 8.78 Å². The number of aliphatic hydroxyl groups is 2. The summed E-state index contributed by atoms with van der Waals surface area (Å²) in [5.41, 5.74) is 0. The van der Waals surface area contributed by atoms with Gasteiger partial charge in [0.15, 0.2) is 0 Å². The maximum Gasteiger partial charge on any atom is 0.323 e. The fourth-order valence-electron chi connectivity index (χ4n) is 1.73. The second-order valence-corrected chi connectivity index (χ2v) is 3.27. The molecule has 4 unspecified atom stereocenters. The van der Waals surface area contributed by atoms with Crippen molar-refractivity contribution < 1.29 is 28.5 Å². The lowest BCUT2D eigenvalue weighted by Gasteiger charge is -2.54. The van der Waals surface area contributed by atoms with Crippen molar-refractivity contribution in [1.29, 1.82) is 0 Å². The SMILES string of the molecule is OCC1OC2OC(C1CO)C2(F)F. The van der Waals surface area contributed by atoms with E-state index >= 15 is 0 Å². The molecule has 0 aliphatic carbocycles. The highest BCUT2D eigenvalue weighted by atomic mass is 19.3. The van der Waals surface area contributed by atoms with E-state index in [1.807, 2.05) is 0 Å². The molecule has 0 aromatic heterocycles. The molecular weight excluding hydrogens is 186 g/mol. The number of ether oxygens (including phenoxy) is 2. The standard InChI is InChI=1S/C7H10F2O4/c8-7(9)5-3(1-10)4(2-11)12-6(7)13-5/h3-6,10-11H,1-2H2. The van der Waals surface area contributed by atoms with Crippen LogP contribution in [0.2, 0.25) is 0 Å². The second-order valence-electron chi connectivity index (χ2n) is 3.27. The molecule has 76 valence electrons. The van der Waals surface area contributed by atoms with E-state index in [0.29, 0.717) is 0 Å². The summed E-state index contributed by atoms with van der Waals surface area (Å²) in [5, 5.41) is 17.6. The zero-order chi connectivity index (χ0) is 9.64. The first-order valence-corrected chi connectivity index (χ1v) is 4.01. The average Bonchev–Trinajstić information content (AvgIpc) is 2.16. The monoisotopic (exact) mass is 196 g/mol. The van der Waals surface area contributed by atoms with Crippen LogP contribution in [0.1, 0.15) is 0 Å². The molecule has 0 spiro atoms. The van der Waals surface area contributed by atoms with Crippen LogP contribution in [0.15, 0.2) is 0 Å². The fraction of sp³-hybridized carbons (Fsp3) is 1.00. The lowest BCUT2D eigenvalue weighted by molar-refractivity contribution is -0.460. The molecule has 2 bridgehead atoms. The van der Waals surface area contributed by atoms with Crippen LogP contribution in [-0.4, -0.2) is 47.8 Å². The minimum absolute atomic E-state index is 0.377. The van der Waals surface area contributed by atoms with E-state index in [-0.39, 0.29) is 6.61 Å². The van der Waals surface area contributed by atoms with Gasteiger partial charge < -0.3 is 19.7 Å². The van der Waals surface area contributed by atoms with Gasteiger partial charge in [-0.1, -0.05) is 0 Å². The second kappa shape index (κ2) is 2.84. The summed E-state index contributed by atoms with van der Waals surface area (Å²) < 4.78 is 35.3. The van der Waals surface area contributed by atoms with Gasteiger partial charge in [0, 0.05) is 5.92 Å². The molecule has 3 aliphatic heterocycles. The number of rotatable bonds is 2. The molecule has 6 heteroatoms. The highest BCUT2D eigenvalue weighted by Crippen LogP contribution is 2.48. The molecule has 3 fully saturated rings. The molecule has 3 saturated heterocycles. The van der Waals surface area contributed by atoms with Crippen molar-refractivity contribution in [3.05, 3.63) is 0 Å². The van der Waals surface area contributed by atoms with Gasteiger partial charge in [-0.05, 0) is 0 Å². The molecule has 13 heavy (non-hydrogen) atoms. The van der Waals surface area contributed by atoms with Gasteiger partial charge in [0.05, 0.1) is 19.3 Å². The van der Waals surface area contributed by atoms with Crippen molar-refractivity contribution in [2.24, 2.45) is 5.92 Å². The van der Waals surface area contributed by atoms with Gasteiger partial charge in [-0.25, -0.2) is 0 Å². The molecule has 3 heterocycles. The Hall–Kier alpha value is -0.300. The molecule has 4 atom stereocenters. The molecule has 3 rings (SSSR count). The molecule has 0 aromatic carbocycles.